The van der Waals surface area contributed by atoms with Gasteiger partial charge in [-0.3, -0.25) is 0 Å². The first-order chi connectivity index (χ1) is 10.9. The number of amides is 2. The maximum atomic E-state index is 13.9. The zero-order valence-corrected chi connectivity index (χ0v) is 14.2. The molecule has 1 saturated heterocycles. The summed E-state index contributed by atoms with van der Waals surface area (Å²) in [6.07, 6.45) is 2.60. The third-order valence-electron chi connectivity index (χ3n) is 4.41. The van der Waals surface area contributed by atoms with Crippen LogP contribution in [0.15, 0.2) is 18.6 Å². The van der Waals surface area contributed by atoms with Gasteiger partial charge >= 0.3 is 6.03 Å². The van der Waals surface area contributed by atoms with Gasteiger partial charge in [-0.1, -0.05) is 13.8 Å². The highest BCUT2D eigenvalue weighted by atomic mass is 19.1. The molecule has 0 saturated carbocycles. The lowest BCUT2D eigenvalue weighted by Crippen LogP contribution is -2.48. The molecule has 23 heavy (non-hydrogen) atoms. The van der Waals surface area contributed by atoms with Crippen molar-refractivity contribution in [3.63, 3.8) is 0 Å². The summed E-state index contributed by atoms with van der Waals surface area (Å²) in [6.45, 7) is 6.87. The molecule has 0 unspecified atom stereocenters. The van der Waals surface area contributed by atoms with E-state index >= 15 is 0 Å². The van der Waals surface area contributed by atoms with E-state index in [2.05, 4.69) is 29.1 Å². The second-order valence-electron chi connectivity index (χ2n) is 6.57. The Kier molecular flexibility index (Phi) is 5.74. The lowest BCUT2D eigenvalue weighted by atomic mass is 10.1. The van der Waals surface area contributed by atoms with E-state index < -0.39 is 6.17 Å². The van der Waals surface area contributed by atoms with Gasteiger partial charge in [-0.25, -0.2) is 19.2 Å². The molecule has 0 aromatic carbocycles. The number of carbonyl (C=O) groups is 1. The quantitative estimate of drug-likeness (QED) is 0.901. The summed E-state index contributed by atoms with van der Waals surface area (Å²) in [5.41, 5.74) is 0. The number of nitrogens with one attached hydrogen (secondary N) is 1. The van der Waals surface area contributed by atoms with Gasteiger partial charge in [-0.2, -0.15) is 0 Å². The summed E-state index contributed by atoms with van der Waals surface area (Å²) >= 11 is 0. The fourth-order valence-electron chi connectivity index (χ4n) is 2.64. The van der Waals surface area contributed by atoms with Crippen molar-refractivity contribution in [2.75, 3.05) is 25.0 Å². The summed E-state index contributed by atoms with van der Waals surface area (Å²) in [5, 5.41) is 2.97. The highest BCUT2D eigenvalue weighted by Crippen LogP contribution is 2.25. The first-order valence-corrected chi connectivity index (χ1v) is 8.06. The average Bonchev–Trinajstić information content (AvgIpc) is 2.88. The number of aromatic nitrogens is 2. The van der Waals surface area contributed by atoms with Gasteiger partial charge < -0.3 is 15.1 Å². The lowest BCUT2D eigenvalue weighted by molar-refractivity contribution is 0.198. The van der Waals surface area contributed by atoms with Crippen LogP contribution in [0.3, 0.4) is 0 Å². The molecule has 0 bridgehead atoms. The molecule has 1 fully saturated rings. The van der Waals surface area contributed by atoms with Crippen molar-refractivity contribution in [1.29, 1.82) is 0 Å². The zero-order valence-electron chi connectivity index (χ0n) is 14.2. The van der Waals surface area contributed by atoms with Crippen molar-refractivity contribution in [2.24, 2.45) is 5.92 Å². The van der Waals surface area contributed by atoms with E-state index in [1.807, 2.05) is 11.8 Å². The summed E-state index contributed by atoms with van der Waals surface area (Å²) < 4.78 is 13.9. The molecule has 0 spiro atoms. The molecule has 7 heteroatoms. The Bertz CT molecular complexity index is 512. The predicted octanol–water partition coefficient (Wildman–Crippen LogP) is 2.08. The minimum atomic E-state index is -0.902. The molecule has 1 aliphatic rings. The summed E-state index contributed by atoms with van der Waals surface area (Å²) in [7, 11) is 1.74. The number of hydrogen-bond acceptors (Lipinski definition) is 4. The Labute approximate surface area is 137 Å². The van der Waals surface area contributed by atoms with Crippen molar-refractivity contribution in [3.05, 3.63) is 18.6 Å². The Morgan fingerprint density at radius 1 is 1.52 bits per heavy atom. The van der Waals surface area contributed by atoms with Gasteiger partial charge in [0.2, 0.25) is 0 Å². The van der Waals surface area contributed by atoms with Crippen LogP contribution >= 0.6 is 0 Å². The van der Waals surface area contributed by atoms with Crippen LogP contribution in [0.25, 0.3) is 0 Å². The van der Waals surface area contributed by atoms with Crippen LogP contribution in [0.1, 0.15) is 27.2 Å². The Hall–Kier alpha value is -1.92. The Balaban J connectivity index is 1.98. The van der Waals surface area contributed by atoms with Gasteiger partial charge in [0.25, 0.3) is 0 Å². The number of halogens is 1. The molecule has 6 nitrogen and oxygen atoms in total. The molecule has 1 N–H and O–H groups in total. The normalized spacial score (nSPS) is 22.3. The monoisotopic (exact) mass is 323 g/mol. The van der Waals surface area contributed by atoms with Gasteiger partial charge in [0, 0.05) is 32.3 Å². The van der Waals surface area contributed by atoms with Crippen LogP contribution in [0.4, 0.5) is 15.0 Å². The molecule has 2 rings (SSSR count). The van der Waals surface area contributed by atoms with E-state index in [-0.39, 0.29) is 18.1 Å². The summed E-state index contributed by atoms with van der Waals surface area (Å²) in [6, 6.07) is 1.66. The molecule has 3 atom stereocenters. The third kappa shape index (κ3) is 4.53. The van der Waals surface area contributed by atoms with Gasteiger partial charge in [0.1, 0.15) is 18.3 Å². The number of rotatable bonds is 5. The standard InChI is InChI=1S/C16H26FN5O/c1-11(2)12(3)20-16(23)21(4)9-14-7-13(17)8-22(14)15-5-6-18-10-19-15/h5-6,10-14H,7-9H2,1-4H3,(H,20,23)/t12-,13-,14-/m0/s1. The Morgan fingerprint density at radius 3 is 2.87 bits per heavy atom. The predicted molar refractivity (Wildman–Crippen MR) is 88.1 cm³/mol. The molecule has 1 aromatic heterocycles. The minimum Gasteiger partial charge on any atom is -0.349 e. The second kappa shape index (κ2) is 7.57. The van der Waals surface area contributed by atoms with Crippen LogP contribution < -0.4 is 10.2 Å². The maximum absolute atomic E-state index is 13.9. The van der Waals surface area contributed by atoms with Crippen molar-refractivity contribution in [2.45, 2.75) is 45.4 Å². The topological polar surface area (TPSA) is 61.4 Å². The van der Waals surface area contributed by atoms with E-state index in [1.165, 1.54) is 6.33 Å². The molecule has 1 aliphatic heterocycles. The summed E-state index contributed by atoms with van der Waals surface area (Å²) in [4.78, 5) is 23.9. The molecule has 0 radical (unpaired) electrons. The van der Waals surface area contributed by atoms with E-state index in [1.54, 1.807) is 24.2 Å². The number of urea groups is 1. The fourth-order valence-corrected chi connectivity index (χ4v) is 2.64. The van der Waals surface area contributed by atoms with Crippen LogP contribution in [0.5, 0.6) is 0 Å². The Morgan fingerprint density at radius 2 is 2.26 bits per heavy atom. The van der Waals surface area contributed by atoms with Gasteiger partial charge in [-0.05, 0) is 18.9 Å². The molecule has 2 heterocycles. The maximum Gasteiger partial charge on any atom is 0.317 e. The smallest absolute Gasteiger partial charge is 0.317 e. The molecule has 1 aromatic rings. The molecular formula is C16H26FN5O. The number of hydrogen-bond donors (Lipinski definition) is 1. The molecule has 128 valence electrons. The van der Waals surface area contributed by atoms with Gasteiger partial charge in [0.05, 0.1) is 12.6 Å². The highest BCUT2D eigenvalue weighted by molar-refractivity contribution is 5.74. The minimum absolute atomic E-state index is 0.0787. The van der Waals surface area contributed by atoms with Crippen LogP contribution in [0, 0.1) is 5.92 Å². The number of nitrogens with zero attached hydrogens (tertiary/aromatic N) is 4. The number of anilines is 1. The number of likely N-dealkylation sites (N-methyl/N-ethyl adjacent to an activating group) is 1. The lowest BCUT2D eigenvalue weighted by Gasteiger charge is -2.30. The van der Waals surface area contributed by atoms with Crippen molar-refractivity contribution in [3.8, 4) is 0 Å². The van der Waals surface area contributed by atoms with Crippen molar-refractivity contribution < 1.29 is 9.18 Å². The van der Waals surface area contributed by atoms with E-state index in [4.69, 9.17) is 0 Å². The zero-order chi connectivity index (χ0) is 17.0. The average molecular weight is 323 g/mol. The van der Waals surface area contributed by atoms with E-state index in [9.17, 15) is 9.18 Å². The van der Waals surface area contributed by atoms with Crippen LogP contribution in [-0.2, 0) is 0 Å². The third-order valence-corrected chi connectivity index (χ3v) is 4.41. The highest BCUT2D eigenvalue weighted by Gasteiger charge is 2.34. The van der Waals surface area contributed by atoms with Gasteiger partial charge in [-0.15, -0.1) is 0 Å². The second-order valence-corrected chi connectivity index (χ2v) is 6.57. The molecule has 0 aliphatic carbocycles. The first kappa shape index (κ1) is 17.4. The number of carbonyl (C=O) groups excluding carboxylic acids is 1. The number of alkyl halides is 1. The van der Waals surface area contributed by atoms with E-state index in [0.29, 0.717) is 31.2 Å². The molecule has 2 amide bonds. The van der Waals surface area contributed by atoms with Crippen LogP contribution in [0.2, 0.25) is 0 Å². The molecular weight excluding hydrogens is 297 g/mol. The largest absolute Gasteiger partial charge is 0.349 e. The first-order valence-electron chi connectivity index (χ1n) is 8.06. The summed E-state index contributed by atoms with van der Waals surface area (Å²) in [5.74, 6) is 1.07. The van der Waals surface area contributed by atoms with Crippen molar-refractivity contribution in [1.82, 2.24) is 20.2 Å². The van der Waals surface area contributed by atoms with Gasteiger partial charge in [0.15, 0.2) is 0 Å². The fraction of sp³-hybridized carbons (Fsp3) is 0.688. The van der Waals surface area contributed by atoms with Crippen LogP contribution in [-0.4, -0.2) is 59.3 Å². The van der Waals surface area contributed by atoms with Crippen molar-refractivity contribution >= 4 is 11.8 Å². The SMILES string of the molecule is CC(C)[C@H](C)NC(=O)N(C)C[C@@H]1C[C@H](F)CN1c1ccncn1. The van der Waals surface area contributed by atoms with E-state index in [0.717, 1.165) is 0 Å².